The van der Waals surface area contributed by atoms with Crippen molar-refractivity contribution < 1.29 is 9.53 Å². The Bertz CT molecular complexity index is 1060. The van der Waals surface area contributed by atoms with Crippen molar-refractivity contribution >= 4 is 16.9 Å². The van der Waals surface area contributed by atoms with Crippen molar-refractivity contribution in [3.63, 3.8) is 0 Å². The van der Waals surface area contributed by atoms with Crippen LogP contribution in [0.1, 0.15) is 52.0 Å². The van der Waals surface area contributed by atoms with Gasteiger partial charge in [0.1, 0.15) is 0 Å². The fourth-order valence-corrected chi connectivity index (χ4v) is 4.24. The smallest absolute Gasteiger partial charge is 0.340 e. The molecule has 27 heavy (non-hydrogen) atoms. The van der Waals surface area contributed by atoms with E-state index in [1.807, 2.05) is 36.4 Å². The van der Waals surface area contributed by atoms with Crippen molar-refractivity contribution in [2.75, 3.05) is 7.11 Å². The van der Waals surface area contributed by atoms with Crippen LogP contribution in [-0.2, 0) is 24.1 Å². The molecular weight excluding hydrogens is 336 g/mol. The van der Waals surface area contributed by atoms with Gasteiger partial charge in [-0.05, 0) is 55.0 Å². The maximum absolute atomic E-state index is 12.4. The minimum Gasteiger partial charge on any atom is -0.465 e. The number of hydrogen-bond acceptors (Lipinski definition) is 3. The number of ether oxygens (including phenoxy) is 1. The zero-order chi connectivity index (χ0) is 18.8. The molecule has 0 aliphatic heterocycles. The second kappa shape index (κ2) is 7.28. The van der Waals surface area contributed by atoms with E-state index in [1.165, 1.54) is 31.2 Å². The predicted octanol–water partition coefficient (Wildman–Crippen LogP) is 4.62. The van der Waals surface area contributed by atoms with Crippen LogP contribution >= 0.6 is 0 Å². The normalized spacial score (nSPS) is 13.6. The molecule has 0 bridgehead atoms. The van der Waals surface area contributed by atoms with Gasteiger partial charge in [0.2, 0.25) is 0 Å². The molecule has 1 aliphatic carbocycles. The maximum Gasteiger partial charge on any atom is 0.340 e. The molecule has 1 aromatic heterocycles. The number of nitrogens with zero attached hydrogens (tertiary/aromatic N) is 2. The van der Waals surface area contributed by atoms with Crippen LogP contribution < -0.4 is 0 Å². The van der Waals surface area contributed by atoms with Gasteiger partial charge in [-0.2, -0.15) is 5.26 Å². The van der Waals surface area contributed by atoms with Crippen molar-refractivity contribution in [3.8, 4) is 6.07 Å². The minimum atomic E-state index is -0.305. The third-order valence-electron chi connectivity index (χ3n) is 5.45. The van der Waals surface area contributed by atoms with Crippen molar-refractivity contribution in [2.24, 2.45) is 0 Å². The quantitative estimate of drug-likeness (QED) is 0.507. The first kappa shape index (κ1) is 17.4. The van der Waals surface area contributed by atoms with Crippen LogP contribution in [0.3, 0.4) is 0 Å². The number of methoxy groups -OCH3 is 1. The van der Waals surface area contributed by atoms with E-state index in [4.69, 9.17) is 4.74 Å². The number of carbonyl (C=O) groups excluding carboxylic acids is 1. The molecule has 4 rings (SSSR count). The molecular formula is C23H22N2O2. The Hall–Kier alpha value is -3.06. The number of para-hydroxylation sites is 1. The zero-order valence-corrected chi connectivity index (χ0v) is 15.5. The number of esters is 1. The molecule has 4 heteroatoms. The highest BCUT2D eigenvalue weighted by Gasteiger charge is 2.23. The van der Waals surface area contributed by atoms with Crippen molar-refractivity contribution in [1.82, 2.24) is 4.57 Å². The number of aryl methyl sites for hydroxylation is 1. The number of fused-ring (bicyclic) bond motifs is 3. The third kappa shape index (κ3) is 3.10. The van der Waals surface area contributed by atoms with Gasteiger partial charge in [0.05, 0.1) is 29.8 Å². The van der Waals surface area contributed by atoms with Gasteiger partial charge in [0.15, 0.2) is 0 Å². The Labute approximate surface area is 159 Å². The van der Waals surface area contributed by atoms with Gasteiger partial charge in [-0.15, -0.1) is 0 Å². The summed E-state index contributed by atoms with van der Waals surface area (Å²) in [5.41, 5.74) is 5.98. The van der Waals surface area contributed by atoms with E-state index >= 15 is 0 Å². The predicted molar refractivity (Wildman–Crippen MR) is 105 cm³/mol. The second-order valence-electron chi connectivity index (χ2n) is 7.08. The van der Waals surface area contributed by atoms with E-state index in [9.17, 15) is 10.1 Å². The first-order valence-corrected chi connectivity index (χ1v) is 9.43. The summed E-state index contributed by atoms with van der Waals surface area (Å²) in [5, 5.41) is 10.4. The lowest BCUT2D eigenvalue weighted by Gasteiger charge is -2.13. The van der Waals surface area contributed by atoms with Crippen LogP contribution in [-0.4, -0.2) is 17.6 Å². The molecule has 0 atom stereocenters. The summed E-state index contributed by atoms with van der Waals surface area (Å²) >= 11 is 0. The fraction of sp³-hybridized carbons (Fsp3) is 0.304. The molecule has 1 heterocycles. The maximum atomic E-state index is 12.4. The highest BCUT2D eigenvalue weighted by Crippen LogP contribution is 2.34. The number of benzene rings is 2. The van der Waals surface area contributed by atoms with Crippen molar-refractivity contribution in [3.05, 3.63) is 70.4 Å². The van der Waals surface area contributed by atoms with Gasteiger partial charge < -0.3 is 9.30 Å². The average molecular weight is 358 g/mol. The second-order valence-corrected chi connectivity index (χ2v) is 7.08. The van der Waals surface area contributed by atoms with Crippen LogP contribution in [0.4, 0.5) is 0 Å². The minimum absolute atomic E-state index is 0.305. The third-order valence-corrected chi connectivity index (χ3v) is 5.45. The van der Waals surface area contributed by atoms with E-state index in [2.05, 4.69) is 16.7 Å². The van der Waals surface area contributed by atoms with Gasteiger partial charge in [-0.1, -0.05) is 30.7 Å². The lowest BCUT2D eigenvalue weighted by atomic mass is 10.0. The first-order chi connectivity index (χ1) is 13.2. The van der Waals surface area contributed by atoms with Gasteiger partial charge in [0.25, 0.3) is 0 Å². The standard InChI is InChI=1S/C23H22N2O2/c1-27-23(26)20-11-6-10-19-18-9-3-2-4-12-21(18)25(22(19)20)15-17-8-5-7-16(13-17)14-24/h5-8,10-11,13H,2-4,9,12,15H2,1H3. The molecule has 0 fully saturated rings. The lowest BCUT2D eigenvalue weighted by Crippen LogP contribution is -2.09. The summed E-state index contributed by atoms with van der Waals surface area (Å²) in [6.07, 6.45) is 5.63. The number of aromatic nitrogens is 1. The molecule has 136 valence electrons. The SMILES string of the molecule is COC(=O)c1cccc2c3c(n(Cc4cccc(C#N)c4)c12)CCCCC3. The van der Waals surface area contributed by atoms with E-state index in [0.29, 0.717) is 17.7 Å². The summed E-state index contributed by atoms with van der Waals surface area (Å²) in [6.45, 7) is 0.648. The van der Waals surface area contributed by atoms with E-state index in [0.717, 1.165) is 35.7 Å². The number of carbonyl (C=O) groups is 1. The monoisotopic (exact) mass is 358 g/mol. The van der Waals surface area contributed by atoms with Crippen LogP contribution in [0, 0.1) is 11.3 Å². The molecule has 3 aromatic rings. The summed E-state index contributed by atoms with van der Waals surface area (Å²) < 4.78 is 7.32. The fourth-order valence-electron chi connectivity index (χ4n) is 4.24. The van der Waals surface area contributed by atoms with E-state index in [-0.39, 0.29) is 5.97 Å². The molecule has 2 aromatic carbocycles. The van der Waals surface area contributed by atoms with Crippen LogP contribution in [0.15, 0.2) is 42.5 Å². The summed E-state index contributed by atoms with van der Waals surface area (Å²) in [6, 6.07) is 15.8. The Morgan fingerprint density at radius 2 is 1.96 bits per heavy atom. The molecule has 0 N–H and O–H groups in total. The number of rotatable bonds is 3. The summed E-state index contributed by atoms with van der Waals surface area (Å²) in [4.78, 5) is 12.4. The summed E-state index contributed by atoms with van der Waals surface area (Å²) in [7, 11) is 1.43. The largest absolute Gasteiger partial charge is 0.465 e. The Kier molecular flexibility index (Phi) is 4.68. The van der Waals surface area contributed by atoms with E-state index in [1.54, 1.807) is 0 Å². The molecule has 4 nitrogen and oxygen atoms in total. The van der Waals surface area contributed by atoms with Gasteiger partial charge in [-0.25, -0.2) is 4.79 Å². The Morgan fingerprint density at radius 1 is 1.15 bits per heavy atom. The number of nitriles is 1. The summed E-state index contributed by atoms with van der Waals surface area (Å²) in [5.74, 6) is -0.305. The van der Waals surface area contributed by atoms with Crippen LogP contribution in [0.5, 0.6) is 0 Å². The zero-order valence-electron chi connectivity index (χ0n) is 15.5. The lowest BCUT2D eigenvalue weighted by molar-refractivity contribution is 0.0602. The van der Waals surface area contributed by atoms with Crippen molar-refractivity contribution in [2.45, 2.75) is 38.6 Å². The first-order valence-electron chi connectivity index (χ1n) is 9.43. The average Bonchev–Trinajstić information content (AvgIpc) is 2.86. The highest BCUT2D eigenvalue weighted by atomic mass is 16.5. The molecule has 0 unspecified atom stereocenters. The molecule has 0 saturated carbocycles. The number of hydrogen-bond donors (Lipinski definition) is 0. The van der Waals surface area contributed by atoms with Gasteiger partial charge >= 0.3 is 5.97 Å². The van der Waals surface area contributed by atoms with Crippen LogP contribution in [0.2, 0.25) is 0 Å². The highest BCUT2D eigenvalue weighted by molar-refractivity contribution is 6.04. The molecule has 0 saturated heterocycles. The Balaban J connectivity index is 1.95. The van der Waals surface area contributed by atoms with Crippen LogP contribution in [0.25, 0.3) is 10.9 Å². The molecule has 0 radical (unpaired) electrons. The van der Waals surface area contributed by atoms with E-state index < -0.39 is 0 Å². The van der Waals surface area contributed by atoms with Crippen molar-refractivity contribution in [1.29, 1.82) is 5.26 Å². The van der Waals surface area contributed by atoms with Gasteiger partial charge in [-0.3, -0.25) is 0 Å². The Morgan fingerprint density at radius 3 is 2.78 bits per heavy atom. The molecule has 0 amide bonds. The molecule has 0 spiro atoms. The molecule has 1 aliphatic rings. The van der Waals surface area contributed by atoms with Gasteiger partial charge in [0, 0.05) is 17.6 Å². The topological polar surface area (TPSA) is 55.0 Å².